The molecule has 0 saturated carbocycles. The van der Waals surface area contributed by atoms with Crippen LogP contribution in [0.2, 0.25) is 0 Å². The maximum absolute atomic E-state index is 11.7. The van der Waals surface area contributed by atoms with Gasteiger partial charge in [0.25, 0.3) is 0 Å². The van der Waals surface area contributed by atoms with Crippen molar-refractivity contribution in [2.75, 3.05) is 20.3 Å². The van der Waals surface area contributed by atoms with Gasteiger partial charge in [-0.05, 0) is 7.05 Å². The fraction of sp³-hybridized carbons (Fsp3) is 0.667. The van der Waals surface area contributed by atoms with Crippen LogP contribution in [0.4, 0.5) is 13.2 Å². The Morgan fingerprint density at radius 2 is 2.25 bits per heavy atom. The molecular weight excluding hydrogens is 223 g/mol. The van der Waals surface area contributed by atoms with Gasteiger partial charge >= 0.3 is 6.18 Å². The molecule has 0 bridgehead atoms. The molecule has 0 radical (unpaired) electrons. The fourth-order valence-electron chi connectivity index (χ4n) is 1.17. The Bertz CT molecular complexity index is 311. The molecule has 7 heteroatoms. The largest absolute Gasteiger partial charge is 0.411 e. The number of nitrogens with zero attached hydrogens (tertiary/aromatic N) is 2. The molecule has 0 spiro atoms. The van der Waals surface area contributed by atoms with E-state index in [4.69, 9.17) is 0 Å². The summed E-state index contributed by atoms with van der Waals surface area (Å²) in [5.41, 5.74) is 0.985. The number of hydrogen-bond acceptors (Lipinski definition) is 3. The molecule has 0 amide bonds. The predicted octanol–water partition coefficient (Wildman–Crippen LogP) is 1.18. The molecule has 1 aromatic heterocycles. The zero-order valence-electron chi connectivity index (χ0n) is 8.92. The number of nitrogens with one attached hydrogen (secondary N) is 1. The van der Waals surface area contributed by atoms with Crippen LogP contribution in [0.1, 0.15) is 5.56 Å². The van der Waals surface area contributed by atoms with Crippen LogP contribution >= 0.6 is 0 Å². The van der Waals surface area contributed by atoms with Crippen LogP contribution in [0.15, 0.2) is 12.4 Å². The number of hydrogen-bond donors (Lipinski definition) is 1. The third kappa shape index (κ3) is 5.13. The third-order valence-electron chi connectivity index (χ3n) is 1.80. The number of ether oxygens (including phenoxy) is 1. The van der Waals surface area contributed by atoms with E-state index in [1.165, 1.54) is 0 Å². The molecule has 1 heterocycles. The molecule has 0 aliphatic heterocycles. The number of halogens is 3. The minimum absolute atomic E-state index is 0.000182. The highest BCUT2D eigenvalue weighted by atomic mass is 19.4. The summed E-state index contributed by atoms with van der Waals surface area (Å²) >= 11 is 0. The van der Waals surface area contributed by atoms with Gasteiger partial charge in [0.1, 0.15) is 6.61 Å². The van der Waals surface area contributed by atoms with Gasteiger partial charge in [-0.3, -0.25) is 4.68 Å². The van der Waals surface area contributed by atoms with Crippen LogP contribution in [-0.2, 0) is 17.8 Å². The first kappa shape index (κ1) is 13.0. The molecule has 0 unspecified atom stereocenters. The Kier molecular flexibility index (Phi) is 4.75. The minimum atomic E-state index is -4.26. The fourth-order valence-corrected chi connectivity index (χ4v) is 1.17. The van der Waals surface area contributed by atoms with Gasteiger partial charge in [-0.25, -0.2) is 0 Å². The lowest BCUT2D eigenvalue weighted by molar-refractivity contribution is -0.174. The zero-order valence-corrected chi connectivity index (χ0v) is 8.92. The Balaban J connectivity index is 2.21. The number of rotatable bonds is 6. The number of alkyl halides is 3. The maximum Gasteiger partial charge on any atom is 0.411 e. The topological polar surface area (TPSA) is 39.1 Å². The molecule has 0 aliphatic carbocycles. The summed E-state index contributed by atoms with van der Waals surface area (Å²) in [5, 5.41) is 6.94. The van der Waals surface area contributed by atoms with E-state index in [2.05, 4.69) is 15.2 Å². The minimum Gasteiger partial charge on any atom is -0.370 e. The van der Waals surface area contributed by atoms with Crippen molar-refractivity contribution in [3.05, 3.63) is 18.0 Å². The van der Waals surface area contributed by atoms with Crippen LogP contribution in [0.5, 0.6) is 0 Å². The highest BCUT2D eigenvalue weighted by Gasteiger charge is 2.27. The molecule has 0 saturated heterocycles. The Morgan fingerprint density at radius 3 is 2.88 bits per heavy atom. The van der Waals surface area contributed by atoms with Crippen molar-refractivity contribution in [3.8, 4) is 0 Å². The van der Waals surface area contributed by atoms with Crippen molar-refractivity contribution in [1.82, 2.24) is 15.1 Å². The molecule has 16 heavy (non-hydrogen) atoms. The van der Waals surface area contributed by atoms with E-state index in [0.29, 0.717) is 13.1 Å². The SMILES string of the molecule is CNCc1cnn(CCOCC(F)(F)F)c1. The summed E-state index contributed by atoms with van der Waals surface area (Å²) in [7, 11) is 1.81. The van der Waals surface area contributed by atoms with E-state index in [-0.39, 0.29) is 6.61 Å². The summed E-state index contributed by atoms with van der Waals surface area (Å²) in [6.45, 7) is -0.207. The lowest BCUT2D eigenvalue weighted by Gasteiger charge is -2.07. The molecular formula is C9H14F3N3O. The number of aromatic nitrogens is 2. The predicted molar refractivity (Wildman–Crippen MR) is 51.9 cm³/mol. The Morgan fingerprint density at radius 1 is 1.50 bits per heavy atom. The van der Waals surface area contributed by atoms with Crippen molar-refractivity contribution in [2.45, 2.75) is 19.3 Å². The van der Waals surface area contributed by atoms with Crippen LogP contribution < -0.4 is 5.32 Å². The summed E-state index contributed by atoms with van der Waals surface area (Å²) in [4.78, 5) is 0. The summed E-state index contributed by atoms with van der Waals surface area (Å²) in [6.07, 6.45) is -0.824. The van der Waals surface area contributed by atoms with E-state index in [1.54, 1.807) is 17.1 Å². The standard InChI is InChI=1S/C9H14F3N3O/c1-13-4-8-5-14-15(6-8)2-3-16-7-9(10,11)12/h5-6,13H,2-4,7H2,1H3. The van der Waals surface area contributed by atoms with Crippen LogP contribution in [-0.4, -0.2) is 36.2 Å². The smallest absolute Gasteiger partial charge is 0.370 e. The first-order valence-electron chi connectivity index (χ1n) is 4.81. The van der Waals surface area contributed by atoms with E-state index in [9.17, 15) is 13.2 Å². The molecule has 1 rings (SSSR count). The second-order valence-corrected chi connectivity index (χ2v) is 3.31. The Labute approximate surface area is 91.4 Å². The molecule has 0 aromatic carbocycles. The quantitative estimate of drug-likeness (QED) is 0.755. The molecule has 0 fully saturated rings. The van der Waals surface area contributed by atoms with Crippen molar-refractivity contribution in [3.63, 3.8) is 0 Å². The van der Waals surface area contributed by atoms with Gasteiger partial charge in [0, 0.05) is 18.3 Å². The van der Waals surface area contributed by atoms with Crippen LogP contribution in [0.25, 0.3) is 0 Å². The van der Waals surface area contributed by atoms with Gasteiger partial charge in [0.15, 0.2) is 0 Å². The molecule has 1 N–H and O–H groups in total. The summed E-state index contributed by atoms with van der Waals surface area (Å²) in [6, 6.07) is 0. The van der Waals surface area contributed by atoms with E-state index in [1.807, 2.05) is 7.05 Å². The normalized spacial score (nSPS) is 12.0. The molecule has 0 atom stereocenters. The van der Waals surface area contributed by atoms with Gasteiger partial charge < -0.3 is 10.1 Å². The average molecular weight is 237 g/mol. The van der Waals surface area contributed by atoms with Gasteiger partial charge in [-0.15, -0.1) is 0 Å². The summed E-state index contributed by atoms with van der Waals surface area (Å²) < 4.78 is 41.2. The highest BCUT2D eigenvalue weighted by molar-refractivity contribution is 5.02. The monoisotopic (exact) mass is 237 g/mol. The summed E-state index contributed by atoms with van der Waals surface area (Å²) in [5.74, 6) is 0. The van der Waals surface area contributed by atoms with E-state index in [0.717, 1.165) is 5.56 Å². The van der Waals surface area contributed by atoms with E-state index < -0.39 is 12.8 Å². The van der Waals surface area contributed by atoms with E-state index >= 15 is 0 Å². The van der Waals surface area contributed by atoms with Crippen LogP contribution in [0.3, 0.4) is 0 Å². The second-order valence-electron chi connectivity index (χ2n) is 3.31. The van der Waals surface area contributed by atoms with Crippen molar-refractivity contribution in [1.29, 1.82) is 0 Å². The first-order valence-corrected chi connectivity index (χ1v) is 4.81. The first-order chi connectivity index (χ1) is 7.51. The van der Waals surface area contributed by atoms with Crippen molar-refractivity contribution >= 4 is 0 Å². The van der Waals surface area contributed by atoms with Crippen molar-refractivity contribution in [2.24, 2.45) is 0 Å². The second kappa shape index (κ2) is 5.86. The zero-order chi connectivity index (χ0) is 12.0. The Hall–Kier alpha value is -1.08. The average Bonchev–Trinajstić information content (AvgIpc) is 2.60. The molecule has 0 aliphatic rings. The third-order valence-corrected chi connectivity index (χ3v) is 1.80. The molecule has 92 valence electrons. The maximum atomic E-state index is 11.7. The highest BCUT2D eigenvalue weighted by Crippen LogP contribution is 2.14. The van der Waals surface area contributed by atoms with Gasteiger partial charge in [0.2, 0.25) is 0 Å². The molecule has 1 aromatic rings. The van der Waals surface area contributed by atoms with Gasteiger partial charge in [0.05, 0.1) is 19.3 Å². The van der Waals surface area contributed by atoms with Crippen LogP contribution in [0, 0.1) is 0 Å². The van der Waals surface area contributed by atoms with Gasteiger partial charge in [-0.2, -0.15) is 18.3 Å². The lowest BCUT2D eigenvalue weighted by atomic mass is 10.4. The van der Waals surface area contributed by atoms with Gasteiger partial charge in [-0.1, -0.05) is 0 Å². The lowest BCUT2D eigenvalue weighted by Crippen LogP contribution is -2.19. The molecule has 4 nitrogen and oxygen atoms in total. The van der Waals surface area contributed by atoms with Crippen molar-refractivity contribution < 1.29 is 17.9 Å².